The van der Waals surface area contributed by atoms with Gasteiger partial charge in [0.15, 0.2) is 11.5 Å². The van der Waals surface area contributed by atoms with Crippen molar-refractivity contribution in [1.29, 1.82) is 0 Å². The Kier molecular flexibility index (Phi) is 9.76. The molecule has 2 aromatic rings. The maximum Gasteiger partial charge on any atom is 0.242 e. The van der Waals surface area contributed by atoms with Crippen LogP contribution in [0.4, 0.5) is 5.69 Å². The molecule has 0 aromatic heterocycles. The zero-order chi connectivity index (χ0) is 28.0. The van der Waals surface area contributed by atoms with E-state index in [0.717, 1.165) is 42.0 Å². The first-order valence-electron chi connectivity index (χ1n) is 13.3. The molecule has 9 nitrogen and oxygen atoms in total. The van der Waals surface area contributed by atoms with Gasteiger partial charge < -0.3 is 19.7 Å². The number of amides is 2. The summed E-state index contributed by atoms with van der Waals surface area (Å²) in [7, 11) is -3.61. The third kappa shape index (κ3) is 7.88. The second-order valence-corrected chi connectivity index (χ2v) is 13.0. The molecule has 0 saturated heterocycles. The van der Waals surface area contributed by atoms with Crippen molar-refractivity contribution in [3.05, 3.63) is 52.5 Å². The molecule has 1 saturated carbocycles. The number of hydrogen-bond donors (Lipinski definition) is 1. The van der Waals surface area contributed by atoms with Gasteiger partial charge in [0.05, 0.1) is 11.9 Å². The van der Waals surface area contributed by atoms with Crippen molar-refractivity contribution in [2.75, 3.05) is 23.9 Å². The van der Waals surface area contributed by atoms with Crippen LogP contribution in [-0.4, -0.2) is 56.8 Å². The highest BCUT2D eigenvalue weighted by atomic mass is 79.9. The molecule has 2 aliphatic rings. The number of anilines is 1. The van der Waals surface area contributed by atoms with Crippen molar-refractivity contribution in [1.82, 2.24) is 10.2 Å². The Labute approximate surface area is 239 Å². The van der Waals surface area contributed by atoms with Gasteiger partial charge in [-0.05, 0) is 56.0 Å². The maximum atomic E-state index is 13.5. The number of halogens is 1. The van der Waals surface area contributed by atoms with E-state index in [4.69, 9.17) is 9.47 Å². The predicted octanol–water partition coefficient (Wildman–Crippen LogP) is 4.59. The number of benzene rings is 2. The van der Waals surface area contributed by atoms with E-state index in [1.165, 1.54) is 10.7 Å². The summed E-state index contributed by atoms with van der Waals surface area (Å²) in [6, 6.07) is 12.1. The highest BCUT2D eigenvalue weighted by molar-refractivity contribution is 9.10. The average Bonchev–Trinajstić information content (AvgIpc) is 3.38. The summed E-state index contributed by atoms with van der Waals surface area (Å²) < 4.78 is 38.1. The Morgan fingerprint density at radius 2 is 1.74 bits per heavy atom. The third-order valence-corrected chi connectivity index (χ3v) is 8.90. The summed E-state index contributed by atoms with van der Waals surface area (Å²) in [6.07, 6.45) is 6.81. The van der Waals surface area contributed by atoms with E-state index in [2.05, 4.69) is 21.2 Å². The van der Waals surface area contributed by atoms with Gasteiger partial charge in [-0.3, -0.25) is 13.9 Å². The standard InChI is InChI=1S/C28H36BrN3O6S/c1-20(28(34)30-23-7-4-3-5-8-23)31(18-21-10-12-22(29)13-11-21)27(33)9-6-16-32(39(2,35)36)24-14-15-25-26(17-24)38-19-37-25/h10-15,17,20,23H,3-9,16,18-19H2,1-2H3,(H,30,34)/t20-/m1/s1. The summed E-state index contributed by atoms with van der Waals surface area (Å²) in [4.78, 5) is 28.3. The molecule has 0 unspecified atom stereocenters. The van der Waals surface area contributed by atoms with Gasteiger partial charge in [-0.15, -0.1) is 0 Å². The van der Waals surface area contributed by atoms with Crippen LogP contribution in [0.2, 0.25) is 0 Å². The molecule has 1 heterocycles. The van der Waals surface area contributed by atoms with Crippen LogP contribution in [0.15, 0.2) is 46.9 Å². The Bertz CT molecular complexity index is 1260. The largest absolute Gasteiger partial charge is 0.454 e. The van der Waals surface area contributed by atoms with Gasteiger partial charge in [0, 0.05) is 36.1 Å². The molecule has 39 heavy (non-hydrogen) atoms. The fourth-order valence-corrected chi connectivity index (χ4v) is 6.20. The van der Waals surface area contributed by atoms with Gasteiger partial charge >= 0.3 is 0 Å². The monoisotopic (exact) mass is 621 g/mol. The lowest BCUT2D eigenvalue weighted by Crippen LogP contribution is -2.50. The Hall–Kier alpha value is -2.79. The molecule has 11 heteroatoms. The molecule has 212 valence electrons. The van der Waals surface area contributed by atoms with Gasteiger partial charge in [-0.1, -0.05) is 47.3 Å². The zero-order valence-corrected chi connectivity index (χ0v) is 24.8. The molecule has 4 rings (SSSR count). The van der Waals surface area contributed by atoms with Crippen LogP contribution in [0.5, 0.6) is 11.5 Å². The second-order valence-electron chi connectivity index (χ2n) is 10.1. The minimum absolute atomic E-state index is 0.0902. The number of hydrogen-bond acceptors (Lipinski definition) is 6. The van der Waals surface area contributed by atoms with Crippen LogP contribution in [0.3, 0.4) is 0 Å². The van der Waals surface area contributed by atoms with Gasteiger partial charge in [-0.2, -0.15) is 0 Å². The van der Waals surface area contributed by atoms with Crippen LogP contribution in [0.1, 0.15) is 57.4 Å². The number of fused-ring (bicyclic) bond motifs is 1. The smallest absolute Gasteiger partial charge is 0.242 e. The number of rotatable bonds is 11. The van der Waals surface area contributed by atoms with Gasteiger partial charge in [-0.25, -0.2) is 8.42 Å². The van der Waals surface area contributed by atoms with E-state index in [0.29, 0.717) is 17.2 Å². The zero-order valence-electron chi connectivity index (χ0n) is 22.4. The molecular weight excluding hydrogens is 586 g/mol. The normalized spacial score (nSPS) is 16.0. The molecule has 0 bridgehead atoms. The topological polar surface area (TPSA) is 105 Å². The summed E-state index contributed by atoms with van der Waals surface area (Å²) in [5, 5.41) is 3.14. The fraction of sp³-hybridized carbons (Fsp3) is 0.500. The summed E-state index contributed by atoms with van der Waals surface area (Å²) in [5.41, 5.74) is 1.35. The van der Waals surface area contributed by atoms with Gasteiger partial charge in [0.1, 0.15) is 6.04 Å². The molecule has 1 atom stereocenters. The van der Waals surface area contributed by atoms with Crippen molar-refractivity contribution in [2.45, 2.75) is 70.5 Å². The number of ether oxygens (including phenoxy) is 2. The van der Waals surface area contributed by atoms with Crippen molar-refractivity contribution in [3.8, 4) is 11.5 Å². The fourth-order valence-electron chi connectivity index (χ4n) is 4.98. The molecule has 1 N–H and O–H groups in total. The van der Waals surface area contributed by atoms with E-state index in [9.17, 15) is 18.0 Å². The summed E-state index contributed by atoms with van der Waals surface area (Å²) in [5.74, 6) is 0.677. The van der Waals surface area contributed by atoms with Gasteiger partial charge in [0.2, 0.25) is 28.6 Å². The van der Waals surface area contributed by atoms with E-state index >= 15 is 0 Å². The molecule has 1 fully saturated rings. The Morgan fingerprint density at radius 1 is 1.05 bits per heavy atom. The lowest BCUT2D eigenvalue weighted by atomic mass is 9.95. The summed E-state index contributed by atoms with van der Waals surface area (Å²) >= 11 is 3.43. The number of nitrogens with one attached hydrogen (secondary N) is 1. The molecule has 0 radical (unpaired) electrons. The van der Waals surface area contributed by atoms with Crippen LogP contribution >= 0.6 is 15.9 Å². The first-order chi connectivity index (χ1) is 18.6. The minimum Gasteiger partial charge on any atom is -0.454 e. The van der Waals surface area contributed by atoms with E-state index < -0.39 is 16.1 Å². The summed E-state index contributed by atoms with van der Waals surface area (Å²) in [6.45, 7) is 2.24. The van der Waals surface area contributed by atoms with Crippen LogP contribution in [-0.2, 0) is 26.2 Å². The van der Waals surface area contributed by atoms with Crippen LogP contribution < -0.4 is 19.1 Å². The molecule has 1 aliphatic carbocycles. The number of carbonyl (C=O) groups is 2. The quantitative estimate of drug-likeness (QED) is 0.393. The second kappa shape index (κ2) is 13.0. The minimum atomic E-state index is -3.61. The lowest BCUT2D eigenvalue weighted by molar-refractivity contribution is -0.141. The first kappa shape index (κ1) is 29.2. The Balaban J connectivity index is 1.44. The van der Waals surface area contributed by atoms with Crippen molar-refractivity contribution < 1.29 is 27.5 Å². The Morgan fingerprint density at radius 3 is 2.44 bits per heavy atom. The number of nitrogens with zero attached hydrogens (tertiary/aromatic N) is 2. The van der Waals surface area contributed by atoms with Crippen molar-refractivity contribution in [2.24, 2.45) is 0 Å². The van der Waals surface area contributed by atoms with E-state index in [-0.39, 0.29) is 50.6 Å². The number of sulfonamides is 1. The highest BCUT2D eigenvalue weighted by Crippen LogP contribution is 2.36. The highest BCUT2D eigenvalue weighted by Gasteiger charge is 2.29. The molecule has 1 aliphatic heterocycles. The van der Waals surface area contributed by atoms with Crippen molar-refractivity contribution >= 4 is 43.5 Å². The third-order valence-electron chi connectivity index (χ3n) is 7.18. The molecule has 2 aromatic carbocycles. The maximum absolute atomic E-state index is 13.5. The first-order valence-corrected chi connectivity index (χ1v) is 16.0. The molecule has 0 spiro atoms. The lowest BCUT2D eigenvalue weighted by Gasteiger charge is -2.31. The SMILES string of the molecule is C[C@H](C(=O)NC1CCCCC1)N(Cc1ccc(Br)cc1)C(=O)CCCN(c1ccc2c(c1)OCO2)S(C)(=O)=O. The van der Waals surface area contributed by atoms with Gasteiger partial charge in [0.25, 0.3) is 0 Å². The van der Waals surface area contributed by atoms with Crippen LogP contribution in [0.25, 0.3) is 0 Å². The predicted molar refractivity (Wildman–Crippen MR) is 153 cm³/mol. The average molecular weight is 623 g/mol. The van der Waals surface area contributed by atoms with Crippen LogP contribution in [0, 0.1) is 0 Å². The van der Waals surface area contributed by atoms with Crippen molar-refractivity contribution in [3.63, 3.8) is 0 Å². The number of carbonyl (C=O) groups excluding carboxylic acids is 2. The van der Waals surface area contributed by atoms with E-state index in [1.807, 2.05) is 24.3 Å². The molecular formula is C28H36BrN3O6S. The van der Waals surface area contributed by atoms with E-state index in [1.54, 1.807) is 30.0 Å². The molecule has 2 amide bonds.